The first-order chi connectivity index (χ1) is 14.6. The van der Waals surface area contributed by atoms with Crippen LogP contribution >= 0.6 is 0 Å². The Morgan fingerprint density at radius 2 is 1.73 bits per heavy atom. The summed E-state index contributed by atoms with van der Waals surface area (Å²) in [7, 11) is 0. The van der Waals surface area contributed by atoms with Crippen molar-refractivity contribution in [2.75, 3.05) is 6.54 Å². The molecule has 0 bridgehead atoms. The number of fused-ring (bicyclic) bond motifs is 1. The first-order valence-electron chi connectivity index (χ1n) is 9.66. The zero-order chi connectivity index (χ0) is 20.9. The molecule has 0 aliphatic carbocycles. The molecule has 4 nitrogen and oxygen atoms in total. The van der Waals surface area contributed by atoms with Gasteiger partial charge in [0.25, 0.3) is 0 Å². The quantitative estimate of drug-likeness (QED) is 0.446. The summed E-state index contributed by atoms with van der Waals surface area (Å²) in [5, 5.41) is 0.497. The van der Waals surface area contributed by atoms with E-state index in [2.05, 4.69) is 4.98 Å². The van der Waals surface area contributed by atoms with Crippen molar-refractivity contribution in [3.8, 4) is 0 Å². The third-order valence-electron chi connectivity index (χ3n) is 4.96. The fourth-order valence-electron chi connectivity index (χ4n) is 3.41. The lowest BCUT2D eigenvalue weighted by Crippen LogP contribution is -2.28. The number of pyridine rings is 1. The zero-order valence-corrected chi connectivity index (χ0v) is 16.2. The van der Waals surface area contributed by atoms with Crippen LogP contribution < -0.4 is 5.43 Å². The van der Waals surface area contributed by atoms with Crippen LogP contribution in [0, 0.1) is 11.6 Å². The minimum atomic E-state index is -0.499. The molecule has 0 spiro atoms. The van der Waals surface area contributed by atoms with Crippen LogP contribution in [-0.4, -0.2) is 16.4 Å². The molecule has 0 amide bonds. The highest BCUT2D eigenvalue weighted by Gasteiger charge is 2.15. The van der Waals surface area contributed by atoms with E-state index in [-0.39, 0.29) is 24.1 Å². The molecule has 4 aromatic rings. The van der Waals surface area contributed by atoms with Gasteiger partial charge in [0.15, 0.2) is 5.43 Å². The van der Waals surface area contributed by atoms with Gasteiger partial charge >= 0.3 is 0 Å². The summed E-state index contributed by atoms with van der Waals surface area (Å²) < 4.78 is 33.5. The Hall–Kier alpha value is -3.38. The van der Waals surface area contributed by atoms with E-state index in [9.17, 15) is 13.6 Å². The van der Waals surface area contributed by atoms with E-state index >= 15 is 0 Å². The van der Waals surface area contributed by atoms with Gasteiger partial charge in [-0.25, -0.2) is 8.78 Å². The average Bonchev–Trinajstić information content (AvgIpc) is 2.77. The molecule has 0 saturated carbocycles. The molecule has 152 valence electrons. The average molecular weight is 406 g/mol. The lowest BCUT2D eigenvalue weighted by atomic mass is 10.1. The summed E-state index contributed by atoms with van der Waals surface area (Å²) in [5.74, 6) is -0.980. The van der Waals surface area contributed by atoms with Crippen molar-refractivity contribution in [2.45, 2.75) is 19.5 Å². The summed E-state index contributed by atoms with van der Waals surface area (Å²) in [5.41, 5.74) is 1.97. The maximum atomic E-state index is 14.2. The van der Waals surface area contributed by atoms with Crippen LogP contribution in [0.2, 0.25) is 0 Å². The first-order valence-corrected chi connectivity index (χ1v) is 9.66. The monoisotopic (exact) mass is 406 g/mol. The Labute approximate surface area is 172 Å². The molecule has 0 saturated heterocycles. The summed E-state index contributed by atoms with van der Waals surface area (Å²) >= 11 is 0. The predicted octanol–water partition coefficient (Wildman–Crippen LogP) is 4.71. The number of nitrogens with zero attached hydrogens (tertiary/aromatic N) is 2. The van der Waals surface area contributed by atoms with Crippen molar-refractivity contribution in [1.29, 1.82) is 0 Å². The molecule has 4 rings (SSSR count). The highest BCUT2D eigenvalue weighted by atomic mass is 19.1. The van der Waals surface area contributed by atoms with Gasteiger partial charge in [-0.05, 0) is 42.5 Å². The Kier molecular flexibility index (Phi) is 5.95. The molecule has 0 fully saturated rings. The molecular formula is C24H20F2N2O2. The minimum absolute atomic E-state index is 0.126. The fraction of sp³-hybridized carbons (Fsp3) is 0.167. The van der Waals surface area contributed by atoms with E-state index in [1.54, 1.807) is 30.5 Å². The van der Waals surface area contributed by atoms with Crippen LogP contribution in [0.25, 0.3) is 11.0 Å². The third-order valence-corrected chi connectivity index (χ3v) is 4.96. The van der Waals surface area contributed by atoms with Gasteiger partial charge in [0.1, 0.15) is 17.2 Å². The number of para-hydroxylation sites is 1. The van der Waals surface area contributed by atoms with Crippen molar-refractivity contribution in [2.24, 2.45) is 0 Å². The van der Waals surface area contributed by atoms with Gasteiger partial charge in [0.2, 0.25) is 0 Å². The van der Waals surface area contributed by atoms with Gasteiger partial charge in [-0.1, -0.05) is 18.2 Å². The molecule has 2 aromatic heterocycles. The van der Waals surface area contributed by atoms with Crippen LogP contribution in [-0.2, 0) is 19.5 Å². The molecule has 0 aliphatic heterocycles. The Morgan fingerprint density at radius 3 is 2.57 bits per heavy atom. The summed E-state index contributed by atoms with van der Waals surface area (Å²) in [4.78, 5) is 19.1. The standard InChI is InChI=1S/C24H20F2N2O2/c25-19-8-9-22(26)17(13-19)14-28(12-10-20-5-3-4-11-27-20)15-18-16-30-23-7-2-1-6-21(23)24(18)29/h1-9,11,13,16H,10,12,14-15H2. The predicted molar refractivity (Wildman–Crippen MR) is 111 cm³/mol. The van der Waals surface area contributed by atoms with Crippen molar-refractivity contribution >= 4 is 11.0 Å². The first kappa shape index (κ1) is 19.9. The lowest BCUT2D eigenvalue weighted by Gasteiger charge is -2.22. The molecule has 6 heteroatoms. The molecule has 2 aromatic carbocycles. The topological polar surface area (TPSA) is 46.3 Å². The van der Waals surface area contributed by atoms with Crippen molar-refractivity contribution < 1.29 is 13.2 Å². The molecule has 0 N–H and O–H groups in total. The normalized spacial score (nSPS) is 11.3. The van der Waals surface area contributed by atoms with Crippen LogP contribution in [0.5, 0.6) is 0 Å². The second-order valence-corrected chi connectivity index (χ2v) is 7.10. The van der Waals surface area contributed by atoms with Gasteiger partial charge in [-0.3, -0.25) is 14.7 Å². The zero-order valence-electron chi connectivity index (χ0n) is 16.2. The molecule has 0 unspecified atom stereocenters. The van der Waals surface area contributed by atoms with Crippen LogP contribution in [0.15, 0.2) is 82.3 Å². The number of halogens is 2. The van der Waals surface area contributed by atoms with E-state index in [0.717, 1.165) is 17.8 Å². The molecule has 0 radical (unpaired) electrons. The Balaban J connectivity index is 1.61. The van der Waals surface area contributed by atoms with E-state index < -0.39 is 11.6 Å². The second kappa shape index (κ2) is 8.97. The highest BCUT2D eigenvalue weighted by Crippen LogP contribution is 2.16. The second-order valence-electron chi connectivity index (χ2n) is 7.10. The largest absolute Gasteiger partial charge is 0.464 e. The van der Waals surface area contributed by atoms with Crippen molar-refractivity contribution in [3.05, 3.63) is 112 Å². The van der Waals surface area contributed by atoms with E-state index in [4.69, 9.17) is 4.42 Å². The number of benzene rings is 2. The van der Waals surface area contributed by atoms with E-state index in [1.807, 2.05) is 23.1 Å². The minimum Gasteiger partial charge on any atom is -0.464 e. The fourth-order valence-corrected chi connectivity index (χ4v) is 3.41. The molecule has 2 heterocycles. The van der Waals surface area contributed by atoms with Crippen LogP contribution in [0.4, 0.5) is 8.78 Å². The number of hydrogen-bond donors (Lipinski definition) is 0. The van der Waals surface area contributed by atoms with Crippen molar-refractivity contribution in [1.82, 2.24) is 9.88 Å². The maximum absolute atomic E-state index is 14.2. The highest BCUT2D eigenvalue weighted by molar-refractivity contribution is 5.76. The van der Waals surface area contributed by atoms with Crippen LogP contribution in [0.1, 0.15) is 16.8 Å². The summed E-state index contributed by atoms with van der Waals surface area (Å²) in [6.45, 7) is 0.915. The Bertz CT molecular complexity index is 1210. The van der Waals surface area contributed by atoms with E-state index in [0.29, 0.717) is 29.5 Å². The summed E-state index contributed by atoms with van der Waals surface area (Å²) in [6.07, 6.45) is 3.76. The van der Waals surface area contributed by atoms with Crippen LogP contribution in [0.3, 0.4) is 0 Å². The summed E-state index contributed by atoms with van der Waals surface area (Å²) in [6, 6.07) is 16.1. The molecular weight excluding hydrogens is 386 g/mol. The molecule has 0 aliphatic rings. The Morgan fingerprint density at radius 1 is 0.933 bits per heavy atom. The number of hydrogen-bond acceptors (Lipinski definition) is 4. The van der Waals surface area contributed by atoms with E-state index in [1.165, 1.54) is 12.3 Å². The van der Waals surface area contributed by atoms with Gasteiger partial charge in [-0.15, -0.1) is 0 Å². The van der Waals surface area contributed by atoms with Gasteiger partial charge < -0.3 is 4.42 Å². The SMILES string of the molecule is O=c1c(CN(CCc2ccccn2)Cc2cc(F)ccc2F)coc2ccccc12. The van der Waals surface area contributed by atoms with Gasteiger partial charge in [0.05, 0.1) is 11.6 Å². The third kappa shape index (κ3) is 4.60. The molecule has 30 heavy (non-hydrogen) atoms. The smallest absolute Gasteiger partial charge is 0.197 e. The lowest BCUT2D eigenvalue weighted by molar-refractivity contribution is 0.252. The number of rotatable bonds is 7. The maximum Gasteiger partial charge on any atom is 0.197 e. The van der Waals surface area contributed by atoms with Gasteiger partial charge in [-0.2, -0.15) is 0 Å². The number of aromatic nitrogens is 1. The molecule has 0 atom stereocenters. The van der Waals surface area contributed by atoms with Crippen molar-refractivity contribution in [3.63, 3.8) is 0 Å². The van der Waals surface area contributed by atoms with Gasteiger partial charge in [0, 0.05) is 49.1 Å².